The standard InChI is InChI=1S/C28H29N5O4/c1-19-4-2-14-33-17-23(30-26(19)33)18-37-24-12-6-20(7-13-24)27(34)31-21-8-10-22(11-9-21)32-28(35)29-16-25-5-3-15-36-25/h2,4,6-14,17,25H,3,5,15-16,18H2,1H3,(H,31,34)(H2,29,32,35). The molecule has 0 spiro atoms. The Balaban J connectivity index is 1.10. The van der Waals surface area contributed by atoms with E-state index in [4.69, 9.17) is 9.47 Å². The van der Waals surface area contributed by atoms with Gasteiger partial charge in [0.05, 0.1) is 11.8 Å². The van der Waals surface area contributed by atoms with Crippen LogP contribution < -0.4 is 20.7 Å². The highest BCUT2D eigenvalue weighted by Crippen LogP contribution is 2.18. The van der Waals surface area contributed by atoms with Crippen molar-refractivity contribution in [2.75, 3.05) is 23.8 Å². The van der Waals surface area contributed by atoms with Crippen LogP contribution in [0.2, 0.25) is 0 Å². The fourth-order valence-electron chi connectivity index (χ4n) is 4.16. The average molecular weight is 500 g/mol. The quantitative estimate of drug-likeness (QED) is 0.324. The molecule has 1 aliphatic rings. The van der Waals surface area contributed by atoms with E-state index in [-0.39, 0.29) is 18.0 Å². The number of aryl methyl sites for hydroxylation is 1. The van der Waals surface area contributed by atoms with E-state index in [9.17, 15) is 9.59 Å². The minimum Gasteiger partial charge on any atom is -0.487 e. The summed E-state index contributed by atoms with van der Waals surface area (Å²) in [6.45, 7) is 3.60. The number of nitrogens with one attached hydrogen (secondary N) is 3. The second kappa shape index (κ2) is 11.1. The van der Waals surface area contributed by atoms with Gasteiger partial charge in [-0.05, 0) is 79.9 Å². The second-order valence-corrected chi connectivity index (χ2v) is 8.97. The van der Waals surface area contributed by atoms with Crippen LogP contribution in [-0.4, -0.2) is 40.6 Å². The number of fused-ring (bicyclic) bond motifs is 1. The fraction of sp³-hybridized carbons (Fsp3) is 0.250. The lowest BCUT2D eigenvalue weighted by Gasteiger charge is -2.12. The van der Waals surface area contributed by atoms with Crippen molar-refractivity contribution in [2.45, 2.75) is 32.5 Å². The average Bonchev–Trinajstić information content (AvgIpc) is 3.58. The number of rotatable bonds is 8. The molecule has 190 valence electrons. The van der Waals surface area contributed by atoms with Crippen LogP contribution in [0.4, 0.5) is 16.2 Å². The van der Waals surface area contributed by atoms with Gasteiger partial charge in [0, 0.05) is 42.5 Å². The van der Waals surface area contributed by atoms with Gasteiger partial charge in [-0.25, -0.2) is 9.78 Å². The number of benzene rings is 2. The molecule has 2 aromatic carbocycles. The first-order valence-electron chi connectivity index (χ1n) is 12.3. The van der Waals surface area contributed by atoms with Gasteiger partial charge in [-0.3, -0.25) is 4.79 Å². The molecular formula is C28H29N5O4. The minimum atomic E-state index is -0.286. The number of nitrogens with zero attached hydrogens (tertiary/aromatic N) is 2. The van der Waals surface area contributed by atoms with Gasteiger partial charge in [0.1, 0.15) is 18.0 Å². The lowest BCUT2D eigenvalue weighted by atomic mass is 10.2. The van der Waals surface area contributed by atoms with Crippen molar-refractivity contribution in [1.29, 1.82) is 0 Å². The van der Waals surface area contributed by atoms with Crippen molar-refractivity contribution in [3.05, 3.63) is 89.9 Å². The van der Waals surface area contributed by atoms with Crippen LogP contribution in [0.25, 0.3) is 5.65 Å². The fourth-order valence-corrected chi connectivity index (χ4v) is 4.16. The molecule has 3 heterocycles. The molecule has 0 aliphatic carbocycles. The zero-order valence-electron chi connectivity index (χ0n) is 20.6. The Morgan fingerprint density at radius 1 is 1.05 bits per heavy atom. The number of imidazole rings is 1. The van der Waals surface area contributed by atoms with Crippen molar-refractivity contribution in [3.8, 4) is 5.75 Å². The van der Waals surface area contributed by atoms with E-state index >= 15 is 0 Å². The minimum absolute atomic E-state index is 0.0884. The summed E-state index contributed by atoms with van der Waals surface area (Å²) in [5, 5.41) is 8.45. The summed E-state index contributed by atoms with van der Waals surface area (Å²) < 4.78 is 13.3. The molecule has 1 aliphatic heterocycles. The van der Waals surface area contributed by atoms with Crippen molar-refractivity contribution in [2.24, 2.45) is 0 Å². The highest BCUT2D eigenvalue weighted by molar-refractivity contribution is 6.04. The molecule has 1 fully saturated rings. The Morgan fingerprint density at radius 2 is 1.81 bits per heavy atom. The van der Waals surface area contributed by atoms with Gasteiger partial charge in [-0.2, -0.15) is 0 Å². The number of anilines is 2. The Hall–Kier alpha value is -4.37. The Morgan fingerprint density at radius 3 is 2.51 bits per heavy atom. The van der Waals surface area contributed by atoms with Crippen molar-refractivity contribution >= 4 is 29.0 Å². The van der Waals surface area contributed by atoms with Crippen molar-refractivity contribution < 1.29 is 19.1 Å². The highest BCUT2D eigenvalue weighted by atomic mass is 16.5. The number of carbonyl (C=O) groups is 2. The van der Waals surface area contributed by atoms with E-state index < -0.39 is 0 Å². The predicted octanol–water partition coefficient (Wildman–Crippen LogP) is 4.77. The first kappa shape index (κ1) is 24.3. The van der Waals surface area contributed by atoms with Gasteiger partial charge >= 0.3 is 6.03 Å². The molecule has 2 aromatic heterocycles. The molecule has 9 heteroatoms. The largest absolute Gasteiger partial charge is 0.487 e. The lowest BCUT2D eigenvalue weighted by molar-refractivity contribution is 0.102. The monoisotopic (exact) mass is 499 g/mol. The SMILES string of the molecule is Cc1cccn2cc(COc3ccc(C(=O)Nc4ccc(NC(=O)NCC5CCCO5)cc4)cc3)nc12. The third-order valence-corrected chi connectivity index (χ3v) is 6.15. The molecule has 37 heavy (non-hydrogen) atoms. The normalized spacial score (nSPS) is 14.9. The molecule has 1 unspecified atom stereocenters. The molecule has 3 N–H and O–H groups in total. The number of pyridine rings is 1. The maximum atomic E-state index is 12.7. The summed E-state index contributed by atoms with van der Waals surface area (Å²) in [5.74, 6) is 0.413. The predicted molar refractivity (Wildman–Crippen MR) is 141 cm³/mol. The molecular weight excluding hydrogens is 470 g/mol. The summed E-state index contributed by atoms with van der Waals surface area (Å²) >= 11 is 0. The molecule has 1 saturated heterocycles. The summed E-state index contributed by atoms with van der Waals surface area (Å²) in [6.07, 6.45) is 5.99. The summed E-state index contributed by atoms with van der Waals surface area (Å²) in [7, 11) is 0. The summed E-state index contributed by atoms with van der Waals surface area (Å²) in [4.78, 5) is 29.3. The van der Waals surface area contributed by atoms with Gasteiger partial charge < -0.3 is 29.8 Å². The van der Waals surface area contributed by atoms with Crippen LogP contribution in [0.3, 0.4) is 0 Å². The van der Waals surface area contributed by atoms with E-state index in [2.05, 4.69) is 20.9 Å². The van der Waals surface area contributed by atoms with Gasteiger partial charge in [0.15, 0.2) is 0 Å². The smallest absolute Gasteiger partial charge is 0.319 e. The van der Waals surface area contributed by atoms with Crippen molar-refractivity contribution in [1.82, 2.24) is 14.7 Å². The summed E-state index contributed by atoms with van der Waals surface area (Å²) in [5.41, 5.74) is 4.60. The van der Waals surface area contributed by atoms with Gasteiger partial charge in [-0.1, -0.05) is 6.07 Å². The molecule has 0 radical (unpaired) electrons. The van der Waals surface area contributed by atoms with Gasteiger partial charge in [0.25, 0.3) is 5.91 Å². The number of aromatic nitrogens is 2. The third-order valence-electron chi connectivity index (χ3n) is 6.15. The van der Waals surface area contributed by atoms with E-state index in [1.54, 1.807) is 48.5 Å². The first-order chi connectivity index (χ1) is 18.0. The van der Waals surface area contributed by atoms with E-state index in [1.807, 2.05) is 35.9 Å². The van der Waals surface area contributed by atoms with E-state index in [0.717, 1.165) is 36.4 Å². The molecule has 0 bridgehead atoms. The molecule has 5 rings (SSSR count). The Kier molecular flexibility index (Phi) is 7.32. The molecule has 3 amide bonds. The van der Waals surface area contributed by atoms with E-state index in [1.165, 1.54) is 0 Å². The number of hydrogen-bond acceptors (Lipinski definition) is 5. The second-order valence-electron chi connectivity index (χ2n) is 8.97. The van der Waals surface area contributed by atoms with Crippen molar-refractivity contribution in [3.63, 3.8) is 0 Å². The molecule has 0 saturated carbocycles. The van der Waals surface area contributed by atoms with Crippen LogP contribution in [0.5, 0.6) is 5.75 Å². The molecule has 9 nitrogen and oxygen atoms in total. The highest BCUT2D eigenvalue weighted by Gasteiger charge is 2.16. The maximum absolute atomic E-state index is 12.7. The third kappa shape index (κ3) is 6.25. The number of urea groups is 1. The number of carbonyl (C=O) groups excluding carboxylic acids is 2. The number of ether oxygens (including phenoxy) is 2. The molecule has 1 atom stereocenters. The van der Waals surface area contributed by atoms with Gasteiger partial charge in [-0.15, -0.1) is 0 Å². The summed E-state index contributed by atoms with van der Waals surface area (Å²) in [6, 6.07) is 17.6. The van der Waals surface area contributed by atoms with Crippen LogP contribution in [0, 0.1) is 6.92 Å². The van der Waals surface area contributed by atoms with Crippen LogP contribution in [-0.2, 0) is 11.3 Å². The van der Waals surface area contributed by atoms with Crippen LogP contribution in [0.15, 0.2) is 73.1 Å². The molecule has 4 aromatic rings. The number of hydrogen-bond donors (Lipinski definition) is 3. The zero-order chi connectivity index (χ0) is 25.6. The topological polar surface area (TPSA) is 106 Å². The van der Waals surface area contributed by atoms with Crippen LogP contribution in [0.1, 0.15) is 34.5 Å². The van der Waals surface area contributed by atoms with Gasteiger partial charge in [0.2, 0.25) is 0 Å². The number of amides is 3. The Labute approximate surface area is 214 Å². The zero-order valence-corrected chi connectivity index (χ0v) is 20.6. The lowest BCUT2D eigenvalue weighted by Crippen LogP contribution is -2.35. The Bertz CT molecular complexity index is 1380. The van der Waals surface area contributed by atoms with Crippen LogP contribution >= 0.6 is 0 Å². The maximum Gasteiger partial charge on any atom is 0.319 e. The first-order valence-corrected chi connectivity index (χ1v) is 12.3. The van der Waals surface area contributed by atoms with E-state index in [0.29, 0.717) is 35.8 Å².